The van der Waals surface area contributed by atoms with Gasteiger partial charge in [0.05, 0.1) is 10.6 Å². The molecule has 2 heterocycles. The molecule has 0 saturated carbocycles. The summed E-state index contributed by atoms with van der Waals surface area (Å²) in [6, 6.07) is 13.7. The number of hydrogen-bond donors (Lipinski definition) is 1. The summed E-state index contributed by atoms with van der Waals surface area (Å²) in [7, 11) is 0. The zero-order valence-corrected chi connectivity index (χ0v) is 13.5. The second-order valence-electron chi connectivity index (χ2n) is 4.65. The maximum Gasteiger partial charge on any atom is 0.221 e. The lowest BCUT2D eigenvalue weighted by Crippen LogP contribution is -2.05. The minimum atomic E-state index is -0.0656. The van der Waals surface area contributed by atoms with E-state index in [2.05, 4.69) is 10.5 Å². The summed E-state index contributed by atoms with van der Waals surface area (Å²) in [6.07, 6.45) is 0. The lowest BCUT2D eigenvalue weighted by atomic mass is 10.3. The van der Waals surface area contributed by atoms with E-state index in [0.717, 1.165) is 32.7 Å². The number of hydrogen-bond acceptors (Lipinski definition) is 5. The number of thioether (sulfide) groups is 1. The second kappa shape index (κ2) is 6.81. The van der Waals surface area contributed by atoms with Crippen molar-refractivity contribution < 1.29 is 9.32 Å². The Kier molecular flexibility index (Phi) is 4.60. The molecular formula is C16H14N2O2S2. The van der Waals surface area contributed by atoms with Crippen molar-refractivity contribution >= 4 is 34.7 Å². The predicted octanol–water partition coefficient (Wildman–Crippen LogP) is 4.65. The van der Waals surface area contributed by atoms with Crippen LogP contribution >= 0.6 is 23.1 Å². The molecule has 0 aliphatic carbocycles. The maximum atomic E-state index is 11.0. The molecule has 2 aromatic heterocycles. The fraction of sp³-hybridized carbons (Fsp3) is 0.125. The first-order valence-electron chi connectivity index (χ1n) is 6.70. The lowest BCUT2D eigenvalue weighted by Gasteiger charge is -2.03. The predicted molar refractivity (Wildman–Crippen MR) is 90.1 cm³/mol. The number of carbonyl (C=O) groups excluding carboxylic acids is 1. The van der Waals surface area contributed by atoms with Crippen molar-refractivity contribution in [2.24, 2.45) is 0 Å². The number of thiophene rings is 1. The Balaban J connectivity index is 1.59. The van der Waals surface area contributed by atoms with Crippen LogP contribution in [-0.2, 0) is 10.5 Å². The van der Waals surface area contributed by atoms with Gasteiger partial charge in [-0.15, -0.1) is 23.1 Å². The minimum Gasteiger partial charge on any atom is -0.355 e. The highest BCUT2D eigenvalue weighted by Crippen LogP contribution is 2.28. The highest BCUT2D eigenvalue weighted by molar-refractivity contribution is 7.98. The first-order chi connectivity index (χ1) is 10.7. The maximum absolute atomic E-state index is 11.0. The Morgan fingerprint density at radius 3 is 2.82 bits per heavy atom. The summed E-state index contributed by atoms with van der Waals surface area (Å²) in [5.41, 5.74) is 1.72. The van der Waals surface area contributed by atoms with Gasteiger partial charge in [-0.3, -0.25) is 4.79 Å². The van der Waals surface area contributed by atoms with Gasteiger partial charge in [0.15, 0.2) is 5.76 Å². The van der Waals surface area contributed by atoms with E-state index in [1.54, 1.807) is 23.1 Å². The van der Waals surface area contributed by atoms with Crippen molar-refractivity contribution in [3.63, 3.8) is 0 Å². The molecule has 0 unspecified atom stereocenters. The Morgan fingerprint density at radius 1 is 1.32 bits per heavy atom. The van der Waals surface area contributed by atoms with Gasteiger partial charge in [0.2, 0.25) is 5.91 Å². The molecule has 0 saturated heterocycles. The quantitative estimate of drug-likeness (QED) is 0.692. The van der Waals surface area contributed by atoms with E-state index >= 15 is 0 Å². The molecule has 1 N–H and O–H groups in total. The largest absolute Gasteiger partial charge is 0.355 e. The van der Waals surface area contributed by atoms with E-state index in [1.807, 2.05) is 47.8 Å². The molecule has 1 amide bonds. The van der Waals surface area contributed by atoms with E-state index < -0.39 is 0 Å². The SMILES string of the molecule is CC(=O)Nc1ccc(SCc2cc(-c3cccs3)on2)cc1. The van der Waals surface area contributed by atoms with Crippen LogP contribution in [0, 0.1) is 0 Å². The Hall–Kier alpha value is -2.05. The molecule has 112 valence electrons. The van der Waals surface area contributed by atoms with Crippen LogP contribution in [0.3, 0.4) is 0 Å². The number of nitrogens with one attached hydrogen (secondary N) is 1. The molecule has 0 aliphatic heterocycles. The van der Waals surface area contributed by atoms with Gasteiger partial charge < -0.3 is 9.84 Å². The fourth-order valence-electron chi connectivity index (χ4n) is 1.91. The normalized spacial score (nSPS) is 10.6. The number of anilines is 1. The van der Waals surface area contributed by atoms with Crippen LogP contribution in [0.1, 0.15) is 12.6 Å². The zero-order valence-electron chi connectivity index (χ0n) is 11.9. The molecule has 6 heteroatoms. The van der Waals surface area contributed by atoms with Crippen molar-refractivity contribution in [2.45, 2.75) is 17.6 Å². The van der Waals surface area contributed by atoms with Crippen LogP contribution in [0.25, 0.3) is 10.6 Å². The summed E-state index contributed by atoms with van der Waals surface area (Å²) in [5, 5.41) is 8.87. The fourth-order valence-corrected chi connectivity index (χ4v) is 3.36. The topological polar surface area (TPSA) is 55.1 Å². The average Bonchev–Trinajstić information content (AvgIpc) is 3.17. The van der Waals surface area contributed by atoms with Crippen molar-refractivity contribution in [3.8, 4) is 10.6 Å². The van der Waals surface area contributed by atoms with Crippen LogP contribution in [0.5, 0.6) is 0 Å². The van der Waals surface area contributed by atoms with Crippen molar-refractivity contribution in [3.05, 3.63) is 53.5 Å². The van der Waals surface area contributed by atoms with Gasteiger partial charge in [0, 0.05) is 29.3 Å². The van der Waals surface area contributed by atoms with Crippen LogP contribution in [0.4, 0.5) is 5.69 Å². The monoisotopic (exact) mass is 330 g/mol. The Labute approximate surface area is 136 Å². The van der Waals surface area contributed by atoms with Gasteiger partial charge in [-0.2, -0.15) is 0 Å². The lowest BCUT2D eigenvalue weighted by molar-refractivity contribution is -0.114. The number of carbonyl (C=O) groups is 1. The molecule has 0 aliphatic rings. The number of nitrogens with zero attached hydrogens (tertiary/aromatic N) is 1. The molecule has 0 spiro atoms. The van der Waals surface area contributed by atoms with Gasteiger partial charge in [0.25, 0.3) is 0 Å². The van der Waals surface area contributed by atoms with Gasteiger partial charge in [-0.05, 0) is 35.7 Å². The van der Waals surface area contributed by atoms with Crippen molar-refractivity contribution in [2.75, 3.05) is 5.32 Å². The van der Waals surface area contributed by atoms with E-state index in [1.165, 1.54) is 6.92 Å². The minimum absolute atomic E-state index is 0.0656. The van der Waals surface area contributed by atoms with Crippen molar-refractivity contribution in [1.29, 1.82) is 0 Å². The van der Waals surface area contributed by atoms with Gasteiger partial charge in [-0.1, -0.05) is 11.2 Å². The number of aromatic nitrogens is 1. The number of rotatable bonds is 5. The third-order valence-corrected chi connectivity index (χ3v) is 4.81. The van der Waals surface area contributed by atoms with E-state index in [4.69, 9.17) is 4.52 Å². The summed E-state index contributed by atoms with van der Waals surface area (Å²) >= 11 is 3.32. The molecule has 0 atom stereocenters. The number of benzene rings is 1. The van der Waals surface area contributed by atoms with Crippen LogP contribution in [-0.4, -0.2) is 11.1 Å². The molecule has 22 heavy (non-hydrogen) atoms. The number of amides is 1. The Bertz CT molecular complexity index is 749. The smallest absolute Gasteiger partial charge is 0.221 e. The molecule has 4 nitrogen and oxygen atoms in total. The molecule has 0 fully saturated rings. The summed E-state index contributed by atoms with van der Waals surface area (Å²) in [5.74, 6) is 1.49. The van der Waals surface area contributed by atoms with Gasteiger partial charge in [-0.25, -0.2) is 0 Å². The van der Waals surface area contributed by atoms with Gasteiger partial charge in [0.1, 0.15) is 0 Å². The molecule has 1 aromatic carbocycles. The highest BCUT2D eigenvalue weighted by atomic mass is 32.2. The summed E-state index contributed by atoms with van der Waals surface area (Å²) in [6.45, 7) is 1.50. The van der Waals surface area contributed by atoms with Crippen LogP contribution in [0.2, 0.25) is 0 Å². The Morgan fingerprint density at radius 2 is 2.14 bits per heavy atom. The van der Waals surface area contributed by atoms with E-state index in [9.17, 15) is 4.79 Å². The summed E-state index contributed by atoms with van der Waals surface area (Å²) < 4.78 is 5.36. The molecule has 0 radical (unpaired) electrons. The van der Waals surface area contributed by atoms with Crippen LogP contribution < -0.4 is 5.32 Å². The first-order valence-corrected chi connectivity index (χ1v) is 8.57. The third kappa shape index (κ3) is 3.78. The molecule has 3 rings (SSSR count). The van der Waals surface area contributed by atoms with Crippen LogP contribution in [0.15, 0.2) is 57.3 Å². The zero-order chi connectivity index (χ0) is 15.4. The second-order valence-corrected chi connectivity index (χ2v) is 6.65. The summed E-state index contributed by atoms with van der Waals surface area (Å²) in [4.78, 5) is 13.2. The average molecular weight is 330 g/mol. The first kappa shape index (κ1) is 14.9. The van der Waals surface area contributed by atoms with E-state index in [-0.39, 0.29) is 5.91 Å². The molecule has 3 aromatic rings. The molecular weight excluding hydrogens is 316 g/mol. The highest BCUT2D eigenvalue weighted by Gasteiger charge is 2.08. The van der Waals surface area contributed by atoms with E-state index in [0.29, 0.717) is 0 Å². The third-order valence-electron chi connectivity index (χ3n) is 2.88. The molecule has 0 bridgehead atoms. The standard InChI is InChI=1S/C16H14N2O2S2/c1-11(19)17-12-4-6-14(7-5-12)22-10-13-9-15(20-18-13)16-3-2-8-21-16/h2-9H,10H2,1H3,(H,17,19). The van der Waals surface area contributed by atoms with Gasteiger partial charge >= 0.3 is 0 Å². The van der Waals surface area contributed by atoms with Crippen molar-refractivity contribution in [1.82, 2.24) is 5.16 Å².